The molecule has 2 rings (SSSR count). The maximum absolute atomic E-state index is 10.5. The molecule has 0 aliphatic carbocycles. The van der Waals surface area contributed by atoms with Crippen molar-refractivity contribution in [2.75, 3.05) is 6.61 Å². The maximum atomic E-state index is 10.5. The molecule has 0 aliphatic heterocycles. The van der Waals surface area contributed by atoms with Crippen LogP contribution in [0.4, 0.5) is 5.69 Å². The van der Waals surface area contributed by atoms with Gasteiger partial charge < -0.3 is 4.74 Å². The standard InChI is InChI=1S/C14H14N2O3/c1-11-8-12(10-15-9-11)6-7-19-14-4-2-13(3-5-14)16(17)18/h2-5,8-10H,6-7H2,1H3. The zero-order valence-corrected chi connectivity index (χ0v) is 10.6. The van der Waals surface area contributed by atoms with E-state index in [0.29, 0.717) is 12.4 Å². The molecule has 0 bridgehead atoms. The van der Waals surface area contributed by atoms with Gasteiger partial charge in [0.1, 0.15) is 5.75 Å². The summed E-state index contributed by atoms with van der Waals surface area (Å²) in [7, 11) is 0. The van der Waals surface area contributed by atoms with Crippen LogP contribution in [-0.2, 0) is 6.42 Å². The number of nitrogens with zero attached hydrogens (tertiary/aromatic N) is 2. The summed E-state index contributed by atoms with van der Waals surface area (Å²) >= 11 is 0. The van der Waals surface area contributed by atoms with Gasteiger partial charge in [0.05, 0.1) is 11.5 Å². The largest absolute Gasteiger partial charge is 0.493 e. The fourth-order valence-corrected chi connectivity index (χ4v) is 1.71. The van der Waals surface area contributed by atoms with E-state index in [1.165, 1.54) is 12.1 Å². The normalized spacial score (nSPS) is 10.2. The molecule has 0 amide bonds. The third-order valence-electron chi connectivity index (χ3n) is 2.64. The Morgan fingerprint density at radius 3 is 2.63 bits per heavy atom. The summed E-state index contributed by atoms with van der Waals surface area (Å²) in [6.07, 6.45) is 4.37. The Hall–Kier alpha value is -2.43. The predicted molar refractivity (Wildman–Crippen MR) is 71.3 cm³/mol. The smallest absolute Gasteiger partial charge is 0.269 e. The molecule has 0 saturated carbocycles. The highest BCUT2D eigenvalue weighted by atomic mass is 16.6. The van der Waals surface area contributed by atoms with Crippen LogP contribution >= 0.6 is 0 Å². The molecule has 0 spiro atoms. The summed E-state index contributed by atoms with van der Waals surface area (Å²) in [5.74, 6) is 0.631. The third-order valence-corrected chi connectivity index (χ3v) is 2.64. The topological polar surface area (TPSA) is 65.3 Å². The average Bonchev–Trinajstić information content (AvgIpc) is 2.39. The second-order valence-corrected chi connectivity index (χ2v) is 4.22. The van der Waals surface area contributed by atoms with Crippen LogP contribution in [0.1, 0.15) is 11.1 Å². The lowest BCUT2D eigenvalue weighted by atomic mass is 10.2. The van der Waals surface area contributed by atoms with Gasteiger partial charge in [-0.3, -0.25) is 15.1 Å². The lowest BCUT2D eigenvalue weighted by molar-refractivity contribution is -0.384. The van der Waals surface area contributed by atoms with E-state index in [-0.39, 0.29) is 5.69 Å². The minimum Gasteiger partial charge on any atom is -0.493 e. The molecule has 5 heteroatoms. The van der Waals surface area contributed by atoms with Gasteiger partial charge in [0.25, 0.3) is 5.69 Å². The van der Waals surface area contributed by atoms with Crippen molar-refractivity contribution < 1.29 is 9.66 Å². The fourth-order valence-electron chi connectivity index (χ4n) is 1.71. The second-order valence-electron chi connectivity index (χ2n) is 4.22. The van der Waals surface area contributed by atoms with Crippen molar-refractivity contribution in [2.24, 2.45) is 0 Å². The van der Waals surface area contributed by atoms with Crippen molar-refractivity contribution in [3.63, 3.8) is 0 Å². The third kappa shape index (κ3) is 3.77. The van der Waals surface area contributed by atoms with E-state index >= 15 is 0 Å². The van der Waals surface area contributed by atoms with Crippen LogP contribution < -0.4 is 4.74 Å². The van der Waals surface area contributed by atoms with Crippen LogP contribution in [0.15, 0.2) is 42.7 Å². The molecule has 98 valence electrons. The maximum Gasteiger partial charge on any atom is 0.269 e. The summed E-state index contributed by atoms with van der Waals surface area (Å²) in [4.78, 5) is 14.2. The van der Waals surface area contributed by atoms with Crippen LogP contribution in [0.25, 0.3) is 0 Å². The van der Waals surface area contributed by atoms with Gasteiger partial charge in [-0.2, -0.15) is 0 Å². The Morgan fingerprint density at radius 2 is 2.00 bits per heavy atom. The Morgan fingerprint density at radius 1 is 1.26 bits per heavy atom. The van der Waals surface area contributed by atoms with Gasteiger partial charge in [-0.25, -0.2) is 0 Å². The molecule has 0 aliphatic rings. The predicted octanol–water partition coefficient (Wildman–Crippen LogP) is 2.92. The number of ether oxygens (including phenoxy) is 1. The first-order chi connectivity index (χ1) is 9.15. The van der Waals surface area contributed by atoms with Crippen molar-refractivity contribution >= 4 is 5.69 Å². The number of pyridine rings is 1. The molecular weight excluding hydrogens is 244 g/mol. The Labute approximate surface area is 111 Å². The van der Waals surface area contributed by atoms with Crippen LogP contribution in [0, 0.1) is 17.0 Å². The Balaban J connectivity index is 1.87. The molecule has 0 radical (unpaired) electrons. The molecule has 1 aromatic heterocycles. The van der Waals surface area contributed by atoms with Crippen LogP contribution in [0.5, 0.6) is 5.75 Å². The molecular formula is C14H14N2O3. The summed E-state index contributed by atoms with van der Waals surface area (Å²) < 4.78 is 5.53. The van der Waals surface area contributed by atoms with Crippen LogP contribution in [0.2, 0.25) is 0 Å². The number of nitro benzene ring substituents is 1. The molecule has 19 heavy (non-hydrogen) atoms. The van der Waals surface area contributed by atoms with E-state index < -0.39 is 4.92 Å². The number of nitro groups is 1. The van der Waals surface area contributed by atoms with Gasteiger partial charge in [0, 0.05) is 30.9 Å². The van der Waals surface area contributed by atoms with Gasteiger partial charge in [0.15, 0.2) is 0 Å². The van der Waals surface area contributed by atoms with E-state index in [1.807, 2.05) is 13.1 Å². The molecule has 1 heterocycles. The van der Waals surface area contributed by atoms with Gasteiger partial charge in [-0.05, 0) is 30.2 Å². The fraction of sp³-hybridized carbons (Fsp3) is 0.214. The summed E-state index contributed by atoms with van der Waals surface area (Å²) in [5.41, 5.74) is 2.30. The van der Waals surface area contributed by atoms with Gasteiger partial charge in [0.2, 0.25) is 0 Å². The molecule has 0 N–H and O–H groups in total. The number of benzene rings is 1. The quantitative estimate of drug-likeness (QED) is 0.611. The van der Waals surface area contributed by atoms with Gasteiger partial charge in [-0.15, -0.1) is 0 Å². The highest BCUT2D eigenvalue weighted by Crippen LogP contribution is 2.17. The van der Waals surface area contributed by atoms with Crippen LogP contribution in [0.3, 0.4) is 0 Å². The second kappa shape index (κ2) is 5.95. The SMILES string of the molecule is Cc1cncc(CCOc2ccc([N+](=O)[O-])cc2)c1. The molecule has 1 aromatic carbocycles. The minimum atomic E-state index is -0.428. The Bertz CT molecular complexity index is 567. The average molecular weight is 258 g/mol. The molecule has 2 aromatic rings. The first kappa shape index (κ1) is 13.0. The number of non-ortho nitro benzene ring substituents is 1. The van der Waals surface area contributed by atoms with E-state index in [0.717, 1.165) is 17.5 Å². The van der Waals surface area contributed by atoms with Crippen molar-refractivity contribution in [1.82, 2.24) is 4.98 Å². The van der Waals surface area contributed by atoms with Crippen molar-refractivity contribution in [1.29, 1.82) is 0 Å². The summed E-state index contributed by atoms with van der Waals surface area (Å²) in [6.45, 7) is 2.51. The number of hydrogen-bond donors (Lipinski definition) is 0. The monoisotopic (exact) mass is 258 g/mol. The number of hydrogen-bond acceptors (Lipinski definition) is 4. The lowest BCUT2D eigenvalue weighted by Crippen LogP contribution is -2.02. The molecule has 5 nitrogen and oxygen atoms in total. The minimum absolute atomic E-state index is 0.0650. The number of aryl methyl sites for hydroxylation is 1. The first-order valence-electron chi connectivity index (χ1n) is 5.93. The zero-order valence-electron chi connectivity index (χ0n) is 10.6. The van der Waals surface area contributed by atoms with E-state index in [1.54, 1.807) is 18.3 Å². The van der Waals surface area contributed by atoms with E-state index in [2.05, 4.69) is 11.1 Å². The van der Waals surface area contributed by atoms with Gasteiger partial charge in [-0.1, -0.05) is 6.07 Å². The van der Waals surface area contributed by atoms with Crippen LogP contribution in [-0.4, -0.2) is 16.5 Å². The highest BCUT2D eigenvalue weighted by molar-refractivity contribution is 5.36. The molecule has 0 atom stereocenters. The Kier molecular flexibility index (Phi) is 4.07. The molecule has 0 fully saturated rings. The zero-order chi connectivity index (χ0) is 13.7. The van der Waals surface area contributed by atoms with E-state index in [9.17, 15) is 10.1 Å². The van der Waals surface area contributed by atoms with Crippen molar-refractivity contribution in [3.05, 3.63) is 64.0 Å². The summed E-state index contributed by atoms with van der Waals surface area (Å²) in [6, 6.07) is 8.14. The molecule has 0 saturated heterocycles. The molecule has 0 unspecified atom stereocenters. The first-order valence-corrected chi connectivity index (χ1v) is 5.93. The van der Waals surface area contributed by atoms with Gasteiger partial charge >= 0.3 is 0 Å². The highest BCUT2D eigenvalue weighted by Gasteiger charge is 2.04. The lowest BCUT2D eigenvalue weighted by Gasteiger charge is -2.06. The number of aromatic nitrogens is 1. The van der Waals surface area contributed by atoms with Crippen molar-refractivity contribution in [2.45, 2.75) is 13.3 Å². The van der Waals surface area contributed by atoms with Crippen molar-refractivity contribution in [3.8, 4) is 5.75 Å². The number of rotatable bonds is 5. The summed E-state index contributed by atoms with van der Waals surface area (Å²) in [5, 5.41) is 10.5. The van der Waals surface area contributed by atoms with E-state index in [4.69, 9.17) is 4.74 Å².